The molecule has 0 aromatic carbocycles. The van der Waals surface area contributed by atoms with Crippen LogP contribution >= 0.6 is 0 Å². The fourth-order valence-electron chi connectivity index (χ4n) is 2.24. The number of hydrogen-bond acceptors (Lipinski definition) is 5. The molecule has 1 aromatic heterocycles. The Balaban J connectivity index is 2.20. The highest BCUT2D eigenvalue weighted by molar-refractivity contribution is 5.79. The Morgan fingerprint density at radius 3 is 2.86 bits per heavy atom. The first-order chi connectivity index (χ1) is 10.8. The zero-order chi connectivity index (χ0) is 16.0. The molecule has 0 aliphatic heterocycles. The Kier molecular flexibility index (Phi) is 10.5. The van der Waals surface area contributed by atoms with E-state index < -0.39 is 0 Å². The van der Waals surface area contributed by atoms with Gasteiger partial charge in [0, 0.05) is 19.0 Å². The number of aliphatic hydroxyl groups excluding tert-OH is 1. The van der Waals surface area contributed by atoms with Gasteiger partial charge in [0.15, 0.2) is 0 Å². The van der Waals surface area contributed by atoms with Crippen molar-refractivity contribution in [3.8, 4) is 0 Å². The summed E-state index contributed by atoms with van der Waals surface area (Å²) in [5.74, 6) is 0. The highest BCUT2D eigenvalue weighted by Gasteiger charge is 1.99. The van der Waals surface area contributed by atoms with Crippen LogP contribution in [0.5, 0.6) is 0 Å². The number of aliphatic imine (C=N–C) groups is 1. The second-order valence-corrected chi connectivity index (χ2v) is 5.25. The molecule has 0 radical (unpaired) electrons. The van der Waals surface area contributed by atoms with Crippen molar-refractivity contribution in [1.29, 1.82) is 0 Å². The molecule has 5 nitrogen and oxygen atoms in total. The zero-order valence-corrected chi connectivity index (χ0v) is 14.0. The van der Waals surface area contributed by atoms with Gasteiger partial charge in [-0.2, -0.15) is 0 Å². The van der Waals surface area contributed by atoms with Crippen molar-refractivity contribution >= 4 is 6.21 Å². The first kappa shape index (κ1) is 18.7. The van der Waals surface area contributed by atoms with E-state index >= 15 is 0 Å². The normalized spacial score (nSPS) is 11.6. The zero-order valence-electron chi connectivity index (χ0n) is 14.0. The maximum Gasteiger partial charge on any atom is 0.0626 e. The van der Waals surface area contributed by atoms with Gasteiger partial charge < -0.3 is 15.3 Å². The molecule has 0 aliphatic carbocycles. The quantitative estimate of drug-likeness (QED) is 0.456. The third-order valence-corrected chi connectivity index (χ3v) is 3.59. The molecule has 124 valence electrons. The second-order valence-electron chi connectivity index (χ2n) is 5.25. The molecule has 22 heavy (non-hydrogen) atoms. The Hall–Kier alpha value is -1.30. The van der Waals surface area contributed by atoms with Crippen LogP contribution in [-0.2, 0) is 6.54 Å². The number of nitrogens with one attached hydrogen (secondary N) is 1. The van der Waals surface area contributed by atoms with Gasteiger partial charge in [0.2, 0.25) is 0 Å². The van der Waals surface area contributed by atoms with Gasteiger partial charge >= 0.3 is 0 Å². The van der Waals surface area contributed by atoms with Crippen LogP contribution in [0.15, 0.2) is 23.3 Å². The number of rotatable bonds is 12. The molecular weight excluding hydrogens is 276 g/mol. The minimum atomic E-state index is 0.0868. The average molecular weight is 306 g/mol. The molecule has 0 unspecified atom stereocenters. The van der Waals surface area contributed by atoms with E-state index in [-0.39, 0.29) is 6.61 Å². The molecule has 0 spiro atoms. The molecule has 1 heterocycles. The van der Waals surface area contributed by atoms with Crippen LogP contribution in [0, 0.1) is 0 Å². The van der Waals surface area contributed by atoms with E-state index in [0.29, 0.717) is 6.54 Å². The number of aliphatic hydroxyl groups is 1. The predicted molar refractivity (Wildman–Crippen MR) is 92.5 cm³/mol. The molecule has 2 N–H and O–H groups in total. The van der Waals surface area contributed by atoms with Gasteiger partial charge in [0.05, 0.1) is 18.8 Å². The lowest BCUT2D eigenvalue weighted by molar-refractivity contribution is 0.296. The molecule has 0 amide bonds. The number of pyridine rings is 1. The van der Waals surface area contributed by atoms with E-state index in [1.807, 2.05) is 12.1 Å². The SMILES string of the molecule is CCN(CC)CCCCNCc1cc(/C=N/CCO)ccn1. The summed E-state index contributed by atoms with van der Waals surface area (Å²) in [7, 11) is 0. The predicted octanol–water partition coefficient (Wildman–Crippen LogP) is 1.70. The Labute approximate surface area is 134 Å². The van der Waals surface area contributed by atoms with Gasteiger partial charge in [-0.3, -0.25) is 9.98 Å². The van der Waals surface area contributed by atoms with Crippen molar-refractivity contribution in [3.63, 3.8) is 0 Å². The topological polar surface area (TPSA) is 60.8 Å². The first-order valence-corrected chi connectivity index (χ1v) is 8.28. The van der Waals surface area contributed by atoms with E-state index in [9.17, 15) is 0 Å². The standard InChI is InChI=1S/C17H30N4O/c1-3-21(4-2)11-6-5-8-18-15-17-13-16(7-9-20-17)14-19-10-12-22/h7,9,13-14,18,22H,3-6,8,10-12,15H2,1-2H3/b19-14+. The summed E-state index contributed by atoms with van der Waals surface area (Å²) in [5.41, 5.74) is 2.05. The highest BCUT2D eigenvalue weighted by atomic mass is 16.3. The van der Waals surface area contributed by atoms with Crippen LogP contribution in [-0.4, -0.2) is 60.5 Å². The van der Waals surface area contributed by atoms with E-state index in [4.69, 9.17) is 5.11 Å². The van der Waals surface area contributed by atoms with Crippen molar-refractivity contribution in [2.75, 3.05) is 39.3 Å². The molecular formula is C17H30N4O. The Morgan fingerprint density at radius 1 is 1.32 bits per heavy atom. The van der Waals surface area contributed by atoms with Gasteiger partial charge in [-0.25, -0.2) is 0 Å². The Bertz CT molecular complexity index is 419. The van der Waals surface area contributed by atoms with Crippen molar-refractivity contribution in [1.82, 2.24) is 15.2 Å². The number of unbranched alkanes of at least 4 members (excludes halogenated alkanes) is 1. The number of hydrogen-bond donors (Lipinski definition) is 2. The van der Waals surface area contributed by atoms with Crippen LogP contribution in [0.4, 0.5) is 0 Å². The molecule has 5 heteroatoms. The van der Waals surface area contributed by atoms with Gasteiger partial charge in [0.25, 0.3) is 0 Å². The molecule has 0 atom stereocenters. The lowest BCUT2D eigenvalue weighted by Gasteiger charge is -2.17. The summed E-state index contributed by atoms with van der Waals surface area (Å²) in [6.45, 7) is 10.2. The largest absolute Gasteiger partial charge is 0.394 e. The van der Waals surface area contributed by atoms with Gasteiger partial charge in [-0.05, 0) is 56.7 Å². The van der Waals surface area contributed by atoms with E-state index in [1.54, 1.807) is 12.4 Å². The summed E-state index contributed by atoms with van der Waals surface area (Å²) >= 11 is 0. The van der Waals surface area contributed by atoms with E-state index in [2.05, 4.69) is 34.0 Å². The summed E-state index contributed by atoms with van der Waals surface area (Å²) in [6, 6.07) is 3.96. The Morgan fingerprint density at radius 2 is 2.14 bits per heavy atom. The fraction of sp³-hybridized carbons (Fsp3) is 0.647. The summed E-state index contributed by atoms with van der Waals surface area (Å²) < 4.78 is 0. The molecule has 1 rings (SSSR count). The summed E-state index contributed by atoms with van der Waals surface area (Å²) in [6.07, 6.45) is 6.01. The fourth-order valence-corrected chi connectivity index (χ4v) is 2.24. The second kappa shape index (κ2) is 12.3. The minimum absolute atomic E-state index is 0.0868. The van der Waals surface area contributed by atoms with Crippen LogP contribution in [0.3, 0.4) is 0 Å². The lowest BCUT2D eigenvalue weighted by atomic mass is 10.2. The van der Waals surface area contributed by atoms with Gasteiger partial charge in [-0.15, -0.1) is 0 Å². The third-order valence-electron chi connectivity index (χ3n) is 3.59. The van der Waals surface area contributed by atoms with Gasteiger partial charge in [-0.1, -0.05) is 13.8 Å². The van der Waals surface area contributed by atoms with E-state index in [0.717, 1.165) is 37.4 Å². The number of nitrogens with zero attached hydrogens (tertiary/aromatic N) is 3. The summed E-state index contributed by atoms with van der Waals surface area (Å²) in [5, 5.41) is 12.2. The summed E-state index contributed by atoms with van der Waals surface area (Å²) in [4.78, 5) is 10.9. The first-order valence-electron chi connectivity index (χ1n) is 8.28. The molecule has 0 fully saturated rings. The molecule has 0 saturated heterocycles. The maximum absolute atomic E-state index is 8.71. The molecule has 0 aliphatic rings. The maximum atomic E-state index is 8.71. The minimum Gasteiger partial charge on any atom is -0.394 e. The van der Waals surface area contributed by atoms with Crippen LogP contribution in [0.2, 0.25) is 0 Å². The van der Waals surface area contributed by atoms with E-state index in [1.165, 1.54) is 19.4 Å². The molecule has 0 saturated carbocycles. The van der Waals surface area contributed by atoms with Crippen LogP contribution in [0.1, 0.15) is 37.9 Å². The molecule has 1 aromatic rings. The lowest BCUT2D eigenvalue weighted by Crippen LogP contribution is -2.25. The molecule has 0 bridgehead atoms. The monoisotopic (exact) mass is 306 g/mol. The number of aromatic nitrogens is 1. The van der Waals surface area contributed by atoms with Crippen molar-refractivity contribution in [2.24, 2.45) is 4.99 Å². The smallest absolute Gasteiger partial charge is 0.0626 e. The van der Waals surface area contributed by atoms with Crippen molar-refractivity contribution < 1.29 is 5.11 Å². The average Bonchev–Trinajstić information content (AvgIpc) is 2.55. The highest BCUT2D eigenvalue weighted by Crippen LogP contribution is 2.00. The van der Waals surface area contributed by atoms with Gasteiger partial charge in [0.1, 0.15) is 0 Å². The van der Waals surface area contributed by atoms with Crippen molar-refractivity contribution in [3.05, 3.63) is 29.6 Å². The third kappa shape index (κ3) is 8.22. The van der Waals surface area contributed by atoms with Crippen LogP contribution < -0.4 is 5.32 Å². The van der Waals surface area contributed by atoms with Crippen LogP contribution in [0.25, 0.3) is 0 Å². The van der Waals surface area contributed by atoms with Crippen molar-refractivity contribution in [2.45, 2.75) is 33.2 Å².